The minimum Gasteiger partial charge on any atom is -0.491 e. The first kappa shape index (κ1) is 11.7. The van der Waals surface area contributed by atoms with Gasteiger partial charge in [-0.25, -0.2) is 0 Å². The van der Waals surface area contributed by atoms with E-state index >= 15 is 0 Å². The van der Waals surface area contributed by atoms with Gasteiger partial charge in [0.25, 0.3) is 5.91 Å². The van der Waals surface area contributed by atoms with Crippen LogP contribution in [0.15, 0.2) is 40.2 Å². The summed E-state index contributed by atoms with van der Waals surface area (Å²) in [4.78, 5) is 12.7. The summed E-state index contributed by atoms with van der Waals surface area (Å²) in [5, 5.41) is 2.99. The molecule has 3 nitrogen and oxygen atoms in total. The molecule has 1 aliphatic heterocycles. The third-order valence-electron chi connectivity index (χ3n) is 2.80. The summed E-state index contributed by atoms with van der Waals surface area (Å²) in [6.07, 6.45) is 0. The van der Waals surface area contributed by atoms with Gasteiger partial charge in [-0.15, -0.1) is 11.3 Å². The van der Waals surface area contributed by atoms with E-state index in [2.05, 4.69) is 21.2 Å². The molecule has 18 heavy (non-hydrogen) atoms. The average molecular weight is 324 g/mol. The minimum atomic E-state index is -0.0606. The number of fused-ring (bicyclic) bond motifs is 1. The fourth-order valence-electron chi connectivity index (χ4n) is 1.95. The van der Waals surface area contributed by atoms with Gasteiger partial charge >= 0.3 is 0 Å². The number of carbonyl (C=O) groups is 1. The molecular formula is C13H10BrNO2S. The molecule has 3 rings (SSSR count). The van der Waals surface area contributed by atoms with Crippen LogP contribution in [0.4, 0.5) is 0 Å². The Hall–Kier alpha value is -1.33. The van der Waals surface area contributed by atoms with Gasteiger partial charge in [-0.1, -0.05) is 18.2 Å². The van der Waals surface area contributed by atoms with Gasteiger partial charge in [-0.05, 0) is 34.1 Å². The van der Waals surface area contributed by atoms with E-state index in [0.717, 1.165) is 15.1 Å². The number of halogens is 1. The third-order valence-corrected chi connectivity index (χ3v) is 4.42. The SMILES string of the molecule is O=C(NC1COc2ccccc21)c1ccc(Br)s1. The molecule has 92 valence electrons. The Morgan fingerprint density at radius 3 is 2.94 bits per heavy atom. The second-order valence-electron chi connectivity index (χ2n) is 3.98. The second kappa shape index (κ2) is 4.74. The zero-order valence-corrected chi connectivity index (χ0v) is 11.8. The Balaban J connectivity index is 1.77. The van der Waals surface area contributed by atoms with Gasteiger partial charge in [0.05, 0.1) is 14.7 Å². The molecule has 0 saturated heterocycles. The Morgan fingerprint density at radius 1 is 1.33 bits per heavy atom. The van der Waals surface area contributed by atoms with Crippen LogP contribution in [-0.4, -0.2) is 12.5 Å². The molecule has 2 heterocycles. The third kappa shape index (κ3) is 2.15. The lowest BCUT2D eigenvalue weighted by Crippen LogP contribution is -2.28. The van der Waals surface area contributed by atoms with Crippen molar-refractivity contribution in [3.8, 4) is 5.75 Å². The number of amides is 1. The Bertz CT molecular complexity index is 596. The van der Waals surface area contributed by atoms with Crippen molar-refractivity contribution in [2.45, 2.75) is 6.04 Å². The summed E-state index contributed by atoms with van der Waals surface area (Å²) in [5.74, 6) is 0.797. The van der Waals surface area contributed by atoms with E-state index < -0.39 is 0 Å². The van der Waals surface area contributed by atoms with Crippen molar-refractivity contribution in [3.63, 3.8) is 0 Å². The summed E-state index contributed by atoms with van der Waals surface area (Å²) >= 11 is 4.78. The van der Waals surface area contributed by atoms with Crippen LogP contribution in [0.3, 0.4) is 0 Å². The van der Waals surface area contributed by atoms with Crippen molar-refractivity contribution in [1.82, 2.24) is 5.32 Å². The summed E-state index contributed by atoms with van der Waals surface area (Å²) in [7, 11) is 0. The zero-order valence-electron chi connectivity index (χ0n) is 9.35. The Morgan fingerprint density at radius 2 is 2.17 bits per heavy atom. The molecule has 1 aromatic carbocycles. The fraction of sp³-hybridized carbons (Fsp3) is 0.154. The van der Waals surface area contributed by atoms with Gasteiger partial charge in [0, 0.05) is 5.56 Å². The largest absolute Gasteiger partial charge is 0.491 e. The predicted molar refractivity (Wildman–Crippen MR) is 74.2 cm³/mol. The quantitative estimate of drug-likeness (QED) is 0.920. The molecule has 0 aliphatic carbocycles. The topological polar surface area (TPSA) is 38.3 Å². The molecule has 1 N–H and O–H groups in total. The number of para-hydroxylation sites is 1. The molecule has 1 aromatic heterocycles. The van der Waals surface area contributed by atoms with Crippen LogP contribution in [0.25, 0.3) is 0 Å². The van der Waals surface area contributed by atoms with Crippen molar-refractivity contribution in [1.29, 1.82) is 0 Å². The molecule has 1 unspecified atom stereocenters. The molecule has 0 radical (unpaired) electrons. The number of nitrogens with one attached hydrogen (secondary N) is 1. The molecular weight excluding hydrogens is 314 g/mol. The highest BCUT2D eigenvalue weighted by Gasteiger charge is 2.25. The predicted octanol–water partition coefficient (Wildman–Crippen LogP) is 3.37. The lowest BCUT2D eigenvalue weighted by atomic mass is 10.1. The highest BCUT2D eigenvalue weighted by atomic mass is 79.9. The van der Waals surface area contributed by atoms with Crippen molar-refractivity contribution >= 4 is 33.2 Å². The average Bonchev–Trinajstić information content (AvgIpc) is 2.97. The van der Waals surface area contributed by atoms with Crippen molar-refractivity contribution in [3.05, 3.63) is 50.6 Å². The Kier molecular flexibility index (Phi) is 3.09. The summed E-state index contributed by atoms with van der Waals surface area (Å²) < 4.78 is 6.49. The van der Waals surface area contributed by atoms with Gasteiger partial charge in [0.1, 0.15) is 12.4 Å². The smallest absolute Gasteiger partial charge is 0.261 e. The van der Waals surface area contributed by atoms with Gasteiger partial charge in [0.15, 0.2) is 0 Å². The standard InChI is InChI=1S/C13H10BrNO2S/c14-12-6-5-11(18-12)13(16)15-9-7-17-10-4-2-1-3-8(9)10/h1-6,9H,7H2,(H,15,16). The molecule has 0 spiro atoms. The number of benzene rings is 1. The first-order valence-corrected chi connectivity index (χ1v) is 7.13. The monoisotopic (exact) mass is 323 g/mol. The highest BCUT2D eigenvalue weighted by Crippen LogP contribution is 2.32. The fourth-order valence-corrected chi connectivity index (χ4v) is 3.24. The van der Waals surface area contributed by atoms with Crippen LogP contribution in [-0.2, 0) is 0 Å². The molecule has 1 atom stereocenters. The maximum Gasteiger partial charge on any atom is 0.261 e. The van der Waals surface area contributed by atoms with E-state index in [9.17, 15) is 4.79 Å². The van der Waals surface area contributed by atoms with Gasteiger partial charge in [-0.3, -0.25) is 4.79 Å². The van der Waals surface area contributed by atoms with Crippen LogP contribution in [0.5, 0.6) is 5.75 Å². The number of carbonyl (C=O) groups excluding carboxylic acids is 1. The van der Waals surface area contributed by atoms with Crippen LogP contribution in [0.2, 0.25) is 0 Å². The van der Waals surface area contributed by atoms with E-state index in [4.69, 9.17) is 4.74 Å². The minimum absolute atomic E-state index is 0.0593. The van der Waals surface area contributed by atoms with Crippen LogP contribution in [0.1, 0.15) is 21.3 Å². The molecule has 0 bridgehead atoms. The maximum absolute atomic E-state index is 12.0. The molecule has 2 aromatic rings. The summed E-state index contributed by atoms with van der Waals surface area (Å²) in [6, 6.07) is 11.4. The van der Waals surface area contributed by atoms with Gasteiger partial charge in [0.2, 0.25) is 0 Å². The zero-order chi connectivity index (χ0) is 12.5. The van der Waals surface area contributed by atoms with Gasteiger partial charge < -0.3 is 10.1 Å². The second-order valence-corrected chi connectivity index (χ2v) is 6.44. The van der Waals surface area contributed by atoms with Gasteiger partial charge in [-0.2, -0.15) is 0 Å². The number of hydrogen-bond acceptors (Lipinski definition) is 3. The lowest BCUT2D eigenvalue weighted by molar-refractivity contribution is 0.0934. The van der Waals surface area contributed by atoms with Crippen LogP contribution >= 0.6 is 27.3 Å². The van der Waals surface area contributed by atoms with E-state index in [1.165, 1.54) is 11.3 Å². The van der Waals surface area contributed by atoms with E-state index in [1.807, 2.05) is 36.4 Å². The highest BCUT2D eigenvalue weighted by molar-refractivity contribution is 9.11. The molecule has 0 saturated carbocycles. The maximum atomic E-state index is 12.0. The van der Waals surface area contributed by atoms with Crippen LogP contribution in [0, 0.1) is 0 Å². The lowest BCUT2D eigenvalue weighted by Gasteiger charge is -2.10. The number of hydrogen-bond donors (Lipinski definition) is 1. The number of thiophene rings is 1. The van der Waals surface area contributed by atoms with E-state index in [0.29, 0.717) is 11.5 Å². The van der Waals surface area contributed by atoms with Crippen molar-refractivity contribution in [2.75, 3.05) is 6.61 Å². The number of ether oxygens (including phenoxy) is 1. The Labute approximate surface area is 117 Å². The first-order chi connectivity index (χ1) is 8.74. The van der Waals surface area contributed by atoms with E-state index in [1.54, 1.807) is 0 Å². The molecule has 1 amide bonds. The van der Waals surface area contributed by atoms with Crippen molar-refractivity contribution in [2.24, 2.45) is 0 Å². The molecule has 0 fully saturated rings. The van der Waals surface area contributed by atoms with E-state index in [-0.39, 0.29) is 11.9 Å². The molecule has 5 heteroatoms. The van der Waals surface area contributed by atoms with Crippen molar-refractivity contribution < 1.29 is 9.53 Å². The summed E-state index contributed by atoms with van der Waals surface area (Å²) in [5.41, 5.74) is 1.04. The summed E-state index contributed by atoms with van der Waals surface area (Å²) in [6.45, 7) is 0.498. The normalized spacial score (nSPS) is 17.1. The number of rotatable bonds is 2. The van der Waals surface area contributed by atoms with Crippen LogP contribution < -0.4 is 10.1 Å². The first-order valence-electron chi connectivity index (χ1n) is 5.52. The molecule has 1 aliphatic rings.